The number of aliphatic hydroxyl groups is 3. The van der Waals surface area contributed by atoms with Crippen LogP contribution in [0.3, 0.4) is 0 Å². The van der Waals surface area contributed by atoms with Gasteiger partial charge >= 0.3 is 5.97 Å². The van der Waals surface area contributed by atoms with Crippen molar-refractivity contribution in [1.29, 1.82) is 0 Å². The number of carbonyl (C=O) groups is 1. The largest absolute Gasteiger partial charge is 0.457 e. The number of hydrogen-bond donors (Lipinski definition) is 5. The summed E-state index contributed by atoms with van der Waals surface area (Å²) in [5.41, 5.74) is 10.3. The van der Waals surface area contributed by atoms with Crippen molar-refractivity contribution in [2.45, 2.75) is 50.9 Å². The van der Waals surface area contributed by atoms with E-state index in [9.17, 15) is 20.1 Å². The van der Waals surface area contributed by atoms with Crippen molar-refractivity contribution in [3.63, 3.8) is 0 Å². The van der Waals surface area contributed by atoms with E-state index in [-0.39, 0.29) is 22.9 Å². The van der Waals surface area contributed by atoms with Crippen molar-refractivity contribution in [2.24, 2.45) is 5.10 Å². The highest BCUT2D eigenvalue weighted by molar-refractivity contribution is 5.88. The molecule has 1 aliphatic heterocycles. The minimum atomic E-state index is -1.30. The number of fused-ring (bicyclic) bond motifs is 1. The minimum absolute atomic E-state index is 0.0756. The van der Waals surface area contributed by atoms with Gasteiger partial charge in [-0.15, -0.1) is 0 Å². The number of ether oxygens (including phenoxy) is 2. The molecule has 6 N–H and O–H groups in total. The van der Waals surface area contributed by atoms with Crippen LogP contribution in [0.1, 0.15) is 38.1 Å². The predicted octanol–water partition coefficient (Wildman–Crippen LogP) is 0.821. The second kappa shape index (κ2) is 10.6. The summed E-state index contributed by atoms with van der Waals surface area (Å²) in [5, 5.41) is 33.9. The van der Waals surface area contributed by atoms with Crippen LogP contribution in [0.25, 0.3) is 17.2 Å². The Hall–Kier alpha value is -3.91. The van der Waals surface area contributed by atoms with Gasteiger partial charge in [-0.25, -0.2) is 15.2 Å². The molecule has 13 heteroatoms. The number of nitrogens with two attached hydrogens (primary N) is 1. The van der Waals surface area contributed by atoms with E-state index < -0.39 is 42.7 Å². The maximum atomic E-state index is 11.8. The summed E-state index contributed by atoms with van der Waals surface area (Å²) >= 11 is 0. The molecule has 37 heavy (non-hydrogen) atoms. The Morgan fingerprint density at radius 3 is 2.57 bits per heavy atom. The Kier molecular flexibility index (Phi) is 7.50. The first-order valence-corrected chi connectivity index (χ1v) is 11.5. The number of aromatic nitrogens is 4. The van der Waals surface area contributed by atoms with Crippen LogP contribution in [0.15, 0.2) is 41.8 Å². The molecule has 1 fully saturated rings. The smallest absolute Gasteiger partial charge is 0.331 e. The number of anilines is 2. The fraction of sp³-hybridized carbons (Fsp3) is 0.375. The van der Waals surface area contributed by atoms with Crippen LogP contribution in [0.2, 0.25) is 0 Å². The van der Waals surface area contributed by atoms with E-state index >= 15 is 0 Å². The summed E-state index contributed by atoms with van der Waals surface area (Å²) in [7, 11) is 0. The van der Waals surface area contributed by atoms with Gasteiger partial charge in [0.05, 0.1) is 19.1 Å². The number of benzene rings is 1. The molecule has 0 saturated carbocycles. The lowest BCUT2D eigenvalue weighted by atomic mass is 10.1. The third-order valence-electron chi connectivity index (χ3n) is 5.37. The maximum absolute atomic E-state index is 11.8. The van der Waals surface area contributed by atoms with E-state index in [2.05, 4.69) is 25.5 Å². The zero-order valence-electron chi connectivity index (χ0n) is 20.5. The first-order chi connectivity index (χ1) is 17.6. The van der Waals surface area contributed by atoms with E-state index in [0.717, 1.165) is 11.1 Å². The molecule has 0 bridgehead atoms. The van der Waals surface area contributed by atoms with Gasteiger partial charge in [0.2, 0.25) is 5.95 Å². The van der Waals surface area contributed by atoms with Crippen molar-refractivity contribution in [2.75, 3.05) is 17.8 Å². The number of nitrogen functional groups attached to an aromatic ring is 1. The number of hydrazone groups is 1. The highest BCUT2D eigenvalue weighted by atomic mass is 16.6. The molecule has 2 aromatic heterocycles. The number of hydrogen-bond acceptors (Lipinski definition) is 12. The molecule has 4 rings (SSSR count). The van der Waals surface area contributed by atoms with Crippen LogP contribution in [0.4, 0.5) is 11.8 Å². The summed E-state index contributed by atoms with van der Waals surface area (Å²) < 4.78 is 12.2. The number of carbonyl (C=O) groups excluding carboxylic acids is 1. The van der Waals surface area contributed by atoms with Crippen LogP contribution in [-0.2, 0) is 14.3 Å². The van der Waals surface area contributed by atoms with Gasteiger partial charge in [-0.2, -0.15) is 15.1 Å². The van der Waals surface area contributed by atoms with Crippen LogP contribution >= 0.6 is 0 Å². The van der Waals surface area contributed by atoms with Gasteiger partial charge in [-0.3, -0.25) is 4.57 Å². The zero-order valence-corrected chi connectivity index (χ0v) is 20.5. The number of esters is 1. The van der Waals surface area contributed by atoms with Crippen molar-refractivity contribution in [1.82, 2.24) is 19.5 Å². The van der Waals surface area contributed by atoms with Gasteiger partial charge in [0.25, 0.3) is 0 Å². The molecule has 0 amide bonds. The molecule has 196 valence electrons. The van der Waals surface area contributed by atoms with Gasteiger partial charge in [-0.1, -0.05) is 24.3 Å². The molecule has 3 heterocycles. The Balaban J connectivity index is 1.44. The van der Waals surface area contributed by atoms with Crippen molar-refractivity contribution in [3.05, 3.63) is 47.8 Å². The zero-order chi connectivity index (χ0) is 26.7. The summed E-state index contributed by atoms with van der Waals surface area (Å²) in [6, 6.07) is 7.27. The highest BCUT2D eigenvalue weighted by Crippen LogP contribution is 2.32. The van der Waals surface area contributed by atoms with E-state index in [1.807, 2.05) is 24.3 Å². The monoisotopic (exact) mass is 511 g/mol. The lowest BCUT2D eigenvalue weighted by molar-refractivity contribution is -0.148. The predicted molar refractivity (Wildman–Crippen MR) is 135 cm³/mol. The quantitative estimate of drug-likeness (QED) is 0.131. The average Bonchev–Trinajstić information content (AvgIpc) is 3.38. The number of imidazole rings is 1. The second-order valence-corrected chi connectivity index (χ2v) is 9.39. The Morgan fingerprint density at radius 1 is 1.22 bits per heavy atom. The van der Waals surface area contributed by atoms with Crippen LogP contribution in [0, 0.1) is 0 Å². The first-order valence-electron chi connectivity index (χ1n) is 11.5. The van der Waals surface area contributed by atoms with Gasteiger partial charge < -0.3 is 30.5 Å². The molecule has 0 spiro atoms. The fourth-order valence-corrected chi connectivity index (χ4v) is 3.64. The van der Waals surface area contributed by atoms with Crippen LogP contribution in [-0.4, -0.2) is 77.5 Å². The number of aliphatic hydroxyl groups excluding tert-OH is 3. The first kappa shape index (κ1) is 26.2. The highest BCUT2D eigenvalue weighted by Gasteiger charge is 2.44. The molecule has 13 nitrogen and oxygen atoms in total. The molecule has 4 atom stereocenters. The minimum Gasteiger partial charge on any atom is -0.457 e. The summed E-state index contributed by atoms with van der Waals surface area (Å²) in [5.74, 6) is -0.265. The number of nitrogens with zero attached hydrogens (tertiary/aromatic N) is 5. The van der Waals surface area contributed by atoms with E-state index in [0.29, 0.717) is 0 Å². The summed E-state index contributed by atoms with van der Waals surface area (Å²) in [6.45, 7) is 4.96. The fourth-order valence-electron chi connectivity index (χ4n) is 3.64. The van der Waals surface area contributed by atoms with Crippen LogP contribution in [0.5, 0.6) is 0 Å². The SMILES string of the molecule is CC(C)(C)OC(=O)/C=C/c1ccc(/C=N/Nc2nc(N)c3ncn([C@@H]4O[C@H](CO)[C@@H](O)[C@H]4O)c3n2)cc1. The molecule has 0 radical (unpaired) electrons. The second-order valence-electron chi connectivity index (χ2n) is 9.39. The van der Waals surface area contributed by atoms with Crippen molar-refractivity contribution >= 4 is 41.2 Å². The van der Waals surface area contributed by atoms with Gasteiger partial charge in [-0.05, 0) is 38.0 Å². The Bertz CT molecular complexity index is 1320. The Morgan fingerprint density at radius 2 is 1.92 bits per heavy atom. The lowest BCUT2D eigenvalue weighted by Gasteiger charge is -2.17. The molecular weight excluding hydrogens is 482 g/mol. The Labute approximate surface area is 212 Å². The van der Waals surface area contributed by atoms with E-state index in [1.54, 1.807) is 33.1 Å². The topological polar surface area (TPSA) is 190 Å². The third kappa shape index (κ3) is 6.09. The molecule has 0 aliphatic carbocycles. The average molecular weight is 512 g/mol. The summed E-state index contributed by atoms with van der Waals surface area (Å²) in [6.07, 6.45) is 1.41. The van der Waals surface area contributed by atoms with Crippen LogP contribution < -0.4 is 11.2 Å². The van der Waals surface area contributed by atoms with Gasteiger partial charge in [0.15, 0.2) is 17.7 Å². The third-order valence-corrected chi connectivity index (χ3v) is 5.37. The van der Waals surface area contributed by atoms with Crippen molar-refractivity contribution in [3.8, 4) is 0 Å². The molecule has 0 unspecified atom stereocenters. The van der Waals surface area contributed by atoms with E-state index in [1.165, 1.54) is 17.0 Å². The van der Waals surface area contributed by atoms with E-state index in [4.69, 9.17) is 15.2 Å². The number of rotatable bonds is 7. The van der Waals surface area contributed by atoms with Gasteiger partial charge in [0, 0.05) is 6.08 Å². The normalized spacial score (nSPS) is 22.3. The standard InChI is InChI=1S/C24H29N7O6/c1-24(2,3)37-16(33)9-8-13-4-6-14(7-5-13)10-27-30-23-28-20(25)17-21(29-23)31(12-26-17)22-19(35)18(34)15(11-32)36-22/h4-10,12,15,18-19,22,32,34-35H,11H2,1-3H3,(H3,25,28,29,30)/b9-8+,27-10+/t15-,18-,19-,22-/m1/s1. The van der Waals surface area contributed by atoms with Crippen molar-refractivity contribution < 1.29 is 29.6 Å². The maximum Gasteiger partial charge on any atom is 0.331 e. The molecule has 1 aromatic carbocycles. The molecule has 1 aliphatic rings. The molecule has 3 aromatic rings. The van der Waals surface area contributed by atoms with Gasteiger partial charge in [0.1, 0.15) is 29.4 Å². The molecule has 1 saturated heterocycles. The summed E-state index contributed by atoms with van der Waals surface area (Å²) in [4.78, 5) is 24.5. The lowest BCUT2D eigenvalue weighted by Crippen LogP contribution is -2.33. The molecular formula is C24H29N7O6. The number of nitrogens with one attached hydrogen (secondary N) is 1.